The summed E-state index contributed by atoms with van der Waals surface area (Å²) in [4.78, 5) is 24.8. The zero-order valence-electron chi connectivity index (χ0n) is 21.4. The van der Waals surface area contributed by atoms with E-state index in [2.05, 4.69) is 69.3 Å². The van der Waals surface area contributed by atoms with Gasteiger partial charge in [-0.1, -0.05) is 18.2 Å². The average molecular weight is 553 g/mol. The third-order valence-electron chi connectivity index (χ3n) is 6.89. The topological polar surface area (TPSA) is 119 Å². The zero-order valence-corrected chi connectivity index (χ0v) is 23.0. The summed E-state index contributed by atoms with van der Waals surface area (Å²) in [5.74, 6) is 0.344. The third-order valence-corrected chi connectivity index (χ3v) is 8.14. The van der Waals surface area contributed by atoms with Crippen LogP contribution in [-0.4, -0.2) is 63.2 Å². The van der Waals surface area contributed by atoms with Gasteiger partial charge in [0.25, 0.3) is 0 Å². The third kappa shape index (κ3) is 5.93. The summed E-state index contributed by atoms with van der Waals surface area (Å²) in [6.07, 6.45) is 5.94. The number of thiophene rings is 1. The highest BCUT2D eigenvalue weighted by atomic mass is 32.2. The molecule has 9 nitrogen and oxygen atoms in total. The molecule has 3 heterocycles. The first-order valence-electron chi connectivity index (χ1n) is 12.5. The largest absolute Gasteiger partial charge is 0.393 e. The molecule has 0 aliphatic heterocycles. The number of aliphatic hydroxyl groups excluding tert-OH is 1. The Bertz CT molecular complexity index is 1400. The van der Waals surface area contributed by atoms with E-state index in [9.17, 15) is 9.90 Å². The average Bonchev–Trinajstić information content (AvgIpc) is 3.61. The molecule has 1 aromatic carbocycles. The Morgan fingerprint density at radius 1 is 1.34 bits per heavy atom. The highest BCUT2D eigenvalue weighted by Gasteiger charge is 2.34. The van der Waals surface area contributed by atoms with Crippen LogP contribution in [0, 0.1) is 5.92 Å². The van der Waals surface area contributed by atoms with Crippen molar-refractivity contribution in [3.63, 3.8) is 0 Å². The van der Waals surface area contributed by atoms with Crippen LogP contribution in [0.25, 0.3) is 10.9 Å². The van der Waals surface area contributed by atoms with Gasteiger partial charge in [-0.05, 0) is 55.6 Å². The minimum absolute atomic E-state index is 0.0209. The number of nitrogens with two attached hydrogens (primary N) is 1. The lowest BCUT2D eigenvalue weighted by atomic mass is 10.1. The molecule has 3 atom stereocenters. The molecule has 4 N–H and O–H groups in total. The maximum Gasteiger partial charge on any atom is 0.208 e. The van der Waals surface area contributed by atoms with Crippen molar-refractivity contribution in [2.45, 2.75) is 38.1 Å². The minimum Gasteiger partial charge on any atom is -0.393 e. The smallest absolute Gasteiger partial charge is 0.208 e. The molecular weight excluding hydrogens is 520 g/mol. The second-order valence-corrected chi connectivity index (χ2v) is 11.3. The van der Waals surface area contributed by atoms with Crippen LogP contribution >= 0.6 is 23.6 Å². The fraction of sp³-hybridized carbons (Fsp3) is 0.370. The molecule has 0 radical (unpaired) electrons. The van der Waals surface area contributed by atoms with Crippen LogP contribution in [0.4, 0.5) is 5.82 Å². The van der Waals surface area contributed by atoms with Crippen LogP contribution in [0.15, 0.2) is 54.4 Å². The molecule has 200 valence electrons. The molecular formula is C27H32N6O3S2. The number of carbonyl (C=O) groups is 1. The maximum absolute atomic E-state index is 13.5. The van der Waals surface area contributed by atoms with Crippen molar-refractivity contribution in [2.24, 2.45) is 11.1 Å². The molecule has 0 unspecified atom stereocenters. The van der Waals surface area contributed by atoms with Crippen molar-refractivity contribution in [1.82, 2.24) is 19.4 Å². The Kier molecular flexibility index (Phi) is 8.42. The molecule has 1 saturated carbocycles. The lowest BCUT2D eigenvalue weighted by Crippen LogP contribution is -2.20. The predicted molar refractivity (Wildman–Crippen MR) is 152 cm³/mol. The first kappa shape index (κ1) is 26.8. The number of hydrogen-bond donors (Lipinski definition) is 3. The lowest BCUT2D eigenvalue weighted by molar-refractivity contribution is 0.104. The van der Waals surface area contributed by atoms with E-state index < -0.39 is 6.10 Å². The van der Waals surface area contributed by atoms with Gasteiger partial charge in [0.1, 0.15) is 12.1 Å². The van der Waals surface area contributed by atoms with Crippen LogP contribution in [0.1, 0.15) is 39.2 Å². The fourth-order valence-corrected chi connectivity index (χ4v) is 6.27. The van der Waals surface area contributed by atoms with Gasteiger partial charge in [0.15, 0.2) is 0 Å². The van der Waals surface area contributed by atoms with E-state index in [-0.39, 0.29) is 17.7 Å². The number of para-hydroxylation sites is 1. The Morgan fingerprint density at radius 2 is 2.18 bits per heavy atom. The van der Waals surface area contributed by atoms with Crippen LogP contribution < -0.4 is 10.5 Å². The molecule has 0 saturated heterocycles. The van der Waals surface area contributed by atoms with E-state index in [0.29, 0.717) is 42.3 Å². The molecule has 4 aromatic rings. The van der Waals surface area contributed by atoms with E-state index in [1.807, 2.05) is 11.4 Å². The molecule has 1 fully saturated rings. The number of ketones is 1. The zero-order chi connectivity index (χ0) is 26.6. The summed E-state index contributed by atoms with van der Waals surface area (Å²) in [5.41, 5.74) is 3.95. The predicted octanol–water partition coefficient (Wildman–Crippen LogP) is 3.92. The number of nitrogens with one attached hydrogen (secondary N) is 1. The molecule has 0 amide bonds. The molecule has 38 heavy (non-hydrogen) atoms. The van der Waals surface area contributed by atoms with E-state index >= 15 is 0 Å². The van der Waals surface area contributed by atoms with Crippen molar-refractivity contribution in [3.8, 4) is 0 Å². The van der Waals surface area contributed by atoms with Crippen molar-refractivity contribution in [2.75, 3.05) is 26.0 Å². The minimum atomic E-state index is -0.497. The number of hydrogen-bond acceptors (Lipinski definition) is 10. The Balaban J connectivity index is 1.32. The Labute approximate surface area is 230 Å². The number of carbonyl (C=O) groups excluding carboxylic acids is 1. The van der Waals surface area contributed by atoms with E-state index in [1.165, 1.54) is 34.1 Å². The van der Waals surface area contributed by atoms with Gasteiger partial charge in [0.05, 0.1) is 35.4 Å². The molecule has 5 rings (SSSR count). The SMILES string of the molecule is CN(C)Cc1cn(Cc2csc(C(=O)c3cncnc3N[C@@H]3C[C@H](COSN)[C@@H](O)C3)c2)c2ccccc12. The Morgan fingerprint density at radius 3 is 3.00 bits per heavy atom. The fourth-order valence-electron chi connectivity index (χ4n) is 5.16. The summed E-state index contributed by atoms with van der Waals surface area (Å²) in [6, 6.07) is 10.4. The number of fused-ring (bicyclic) bond motifs is 1. The summed E-state index contributed by atoms with van der Waals surface area (Å²) < 4.78 is 7.47. The van der Waals surface area contributed by atoms with Crippen LogP contribution in [0.3, 0.4) is 0 Å². The number of aromatic nitrogens is 3. The summed E-state index contributed by atoms with van der Waals surface area (Å²) in [5, 5.41) is 22.4. The Hall–Kier alpha value is -2.80. The van der Waals surface area contributed by atoms with Crippen molar-refractivity contribution < 1.29 is 14.1 Å². The molecule has 0 spiro atoms. The number of rotatable bonds is 11. The van der Waals surface area contributed by atoms with E-state index in [1.54, 1.807) is 6.20 Å². The van der Waals surface area contributed by atoms with Gasteiger partial charge in [0.2, 0.25) is 5.78 Å². The van der Waals surface area contributed by atoms with Gasteiger partial charge in [-0.3, -0.25) is 9.93 Å². The summed E-state index contributed by atoms with van der Waals surface area (Å²) >= 11 is 2.24. The van der Waals surface area contributed by atoms with Crippen LogP contribution in [-0.2, 0) is 17.3 Å². The maximum atomic E-state index is 13.5. The highest BCUT2D eigenvalue weighted by molar-refractivity contribution is 7.92. The van der Waals surface area contributed by atoms with Gasteiger partial charge in [-0.2, -0.15) is 0 Å². The number of nitrogens with zero attached hydrogens (tertiary/aromatic N) is 4. The number of aliphatic hydroxyl groups is 1. The van der Waals surface area contributed by atoms with Gasteiger partial charge >= 0.3 is 0 Å². The summed E-state index contributed by atoms with van der Waals surface area (Å²) in [6.45, 7) is 1.92. The molecule has 1 aliphatic rings. The van der Waals surface area contributed by atoms with Crippen molar-refractivity contribution in [3.05, 3.63) is 76.0 Å². The van der Waals surface area contributed by atoms with Gasteiger partial charge < -0.3 is 24.1 Å². The number of anilines is 1. The first-order valence-corrected chi connectivity index (χ1v) is 14.2. The normalized spacial score (nSPS) is 19.4. The van der Waals surface area contributed by atoms with Crippen molar-refractivity contribution >= 4 is 46.1 Å². The molecule has 0 bridgehead atoms. The van der Waals surface area contributed by atoms with Crippen LogP contribution in [0.2, 0.25) is 0 Å². The van der Waals surface area contributed by atoms with E-state index in [0.717, 1.165) is 24.3 Å². The number of benzene rings is 1. The second kappa shape index (κ2) is 11.9. The monoisotopic (exact) mass is 552 g/mol. The first-order chi connectivity index (χ1) is 18.4. The molecule has 1 aliphatic carbocycles. The molecule has 11 heteroatoms. The van der Waals surface area contributed by atoms with E-state index in [4.69, 9.17) is 9.32 Å². The highest BCUT2D eigenvalue weighted by Crippen LogP contribution is 2.31. The molecule has 3 aromatic heterocycles. The van der Waals surface area contributed by atoms with Crippen molar-refractivity contribution in [1.29, 1.82) is 0 Å². The second-order valence-electron chi connectivity index (χ2n) is 9.99. The summed E-state index contributed by atoms with van der Waals surface area (Å²) in [7, 11) is 4.14. The lowest BCUT2D eigenvalue weighted by Gasteiger charge is -2.15. The standard InChI is InChI=1S/C27H32N6O3S2/c1-32(2)12-19-13-33(23-6-4-3-5-21(19)23)11-17-7-25(37-15-17)26(35)22-10-29-16-30-27(22)31-20-8-18(14-36-38-28)24(34)9-20/h3-7,10,13,15-16,18,20,24,34H,8-9,11-12,14,28H2,1-2H3,(H,29,30,31)/t18-,20-,24+/m1/s1. The van der Waals surface area contributed by atoms with Gasteiger partial charge in [-0.15, -0.1) is 11.3 Å². The van der Waals surface area contributed by atoms with Gasteiger partial charge in [0, 0.05) is 48.3 Å². The van der Waals surface area contributed by atoms with Gasteiger partial charge in [-0.25, -0.2) is 9.97 Å². The quantitative estimate of drug-likeness (QED) is 0.144. The van der Waals surface area contributed by atoms with Crippen LogP contribution in [0.5, 0.6) is 0 Å².